The zero-order chi connectivity index (χ0) is 13.1. The van der Waals surface area contributed by atoms with Gasteiger partial charge in [0, 0.05) is 20.8 Å². The fraction of sp³-hybridized carbons (Fsp3) is 0.200. The number of hydrogen-bond acceptors (Lipinski definition) is 2. The molecule has 94 valence electrons. The fourth-order valence-electron chi connectivity index (χ4n) is 1.81. The summed E-state index contributed by atoms with van der Waals surface area (Å²) >= 11 is 5.26. The van der Waals surface area contributed by atoms with E-state index in [2.05, 4.69) is 54.0 Å². The molecule has 0 saturated carbocycles. The summed E-state index contributed by atoms with van der Waals surface area (Å²) in [6.07, 6.45) is 0. The van der Waals surface area contributed by atoms with Crippen LogP contribution in [0.15, 0.2) is 45.8 Å². The van der Waals surface area contributed by atoms with Crippen molar-refractivity contribution in [2.45, 2.75) is 24.5 Å². The van der Waals surface area contributed by atoms with Crippen LogP contribution in [0.2, 0.25) is 0 Å². The van der Waals surface area contributed by atoms with Crippen LogP contribution < -0.4 is 5.73 Å². The summed E-state index contributed by atoms with van der Waals surface area (Å²) in [6, 6.07) is 12.6. The Morgan fingerprint density at radius 1 is 1.11 bits per heavy atom. The first kappa shape index (κ1) is 13.5. The van der Waals surface area contributed by atoms with Crippen LogP contribution in [-0.2, 0) is 5.75 Å². The minimum Gasteiger partial charge on any atom is -0.398 e. The van der Waals surface area contributed by atoms with Crippen LogP contribution in [0.1, 0.15) is 16.7 Å². The first-order chi connectivity index (χ1) is 8.56. The molecular formula is C15H16BrNS. The predicted molar refractivity (Wildman–Crippen MR) is 84.0 cm³/mol. The van der Waals surface area contributed by atoms with Crippen molar-refractivity contribution in [2.75, 3.05) is 5.73 Å². The van der Waals surface area contributed by atoms with Crippen molar-refractivity contribution in [1.29, 1.82) is 0 Å². The molecule has 0 aliphatic rings. The Morgan fingerprint density at radius 2 is 1.89 bits per heavy atom. The molecular weight excluding hydrogens is 306 g/mol. The molecule has 0 radical (unpaired) electrons. The lowest BCUT2D eigenvalue weighted by molar-refractivity contribution is 1.25. The van der Waals surface area contributed by atoms with E-state index in [0.29, 0.717) is 0 Å². The number of rotatable bonds is 3. The van der Waals surface area contributed by atoms with Crippen molar-refractivity contribution in [1.82, 2.24) is 0 Å². The van der Waals surface area contributed by atoms with Crippen LogP contribution >= 0.6 is 27.7 Å². The molecule has 0 aliphatic heterocycles. The third kappa shape index (κ3) is 3.30. The third-order valence-electron chi connectivity index (χ3n) is 2.82. The molecule has 0 unspecified atom stereocenters. The van der Waals surface area contributed by atoms with E-state index >= 15 is 0 Å². The van der Waals surface area contributed by atoms with Crippen molar-refractivity contribution in [3.8, 4) is 0 Å². The number of thioether (sulfide) groups is 1. The average molecular weight is 322 g/mol. The Bertz CT molecular complexity index is 515. The highest BCUT2D eigenvalue weighted by Gasteiger charge is 2.03. The molecule has 0 bridgehead atoms. The molecule has 18 heavy (non-hydrogen) atoms. The maximum atomic E-state index is 6.00. The van der Waals surface area contributed by atoms with Crippen molar-refractivity contribution < 1.29 is 0 Å². The highest BCUT2D eigenvalue weighted by molar-refractivity contribution is 9.10. The second kappa shape index (κ2) is 5.81. The molecule has 0 aromatic heterocycles. The van der Waals surface area contributed by atoms with Crippen LogP contribution in [0.5, 0.6) is 0 Å². The Hall–Kier alpha value is -0.930. The summed E-state index contributed by atoms with van der Waals surface area (Å²) in [6.45, 7) is 4.27. The van der Waals surface area contributed by atoms with Crippen LogP contribution in [0.25, 0.3) is 0 Å². The Kier molecular flexibility index (Phi) is 4.36. The summed E-state index contributed by atoms with van der Waals surface area (Å²) in [5, 5.41) is 0. The molecule has 1 nitrogen and oxygen atoms in total. The van der Waals surface area contributed by atoms with Gasteiger partial charge in [-0.1, -0.05) is 39.7 Å². The van der Waals surface area contributed by atoms with Gasteiger partial charge in [0.15, 0.2) is 0 Å². The standard InChI is InChI=1S/C15H16BrNS/c1-10-3-6-15(11(2)7-10)18-9-12-4-5-13(16)8-14(12)17/h3-8H,9,17H2,1-2H3. The molecule has 2 aromatic rings. The molecule has 3 heteroatoms. The first-order valence-electron chi connectivity index (χ1n) is 5.80. The minimum atomic E-state index is 0.849. The number of hydrogen-bond donors (Lipinski definition) is 1. The van der Waals surface area contributed by atoms with E-state index in [-0.39, 0.29) is 0 Å². The normalized spacial score (nSPS) is 10.6. The zero-order valence-electron chi connectivity index (χ0n) is 10.5. The second-order valence-electron chi connectivity index (χ2n) is 4.40. The quantitative estimate of drug-likeness (QED) is 0.640. The van der Waals surface area contributed by atoms with Gasteiger partial charge in [-0.3, -0.25) is 0 Å². The number of nitrogens with two attached hydrogens (primary N) is 1. The lowest BCUT2D eigenvalue weighted by Crippen LogP contribution is -1.92. The fourth-order valence-corrected chi connectivity index (χ4v) is 3.22. The molecule has 2 N–H and O–H groups in total. The monoisotopic (exact) mass is 321 g/mol. The Balaban J connectivity index is 2.11. The molecule has 0 fully saturated rings. The van der Waals surface area contributed by atoms with Gasteiger partial charge in [-0.05, 0) is 43.2 Å². The van der Waals surface area contributed by atoms with Crippen molar-refractivity contribution in [3.05, 3.63) is 57.6 Å². The van der Waals surface area contributed by atoms with Crippen LogP contribution in [0.4, 0.5) is 5.69 Å². The van der Waals surface area contributed by atoms with Crippen molar-refractivity contribution in [3.63, 3.8) is 0 Å². The Labute approximate surface area is 121 Å². The van der Waals surface area contributed by atoms with Crippen LogP contribution in [0, 0.1) is 13.8 Å². The van der Waals surface area contributed by atoms with Gasteiger partial charge in [-0.2, -0.15) is 0 Å². The van der Waals surface area contributed by atoms with E-state index < -0.39 is 0 Å². The van der Waals surface area contributed by atoms with E-state index in [4.69, 9.17) is 5.73 Å². The molecule has 0 atom stereocenters. The van der Waals surface area contributed by atoms with Crippen molar-refractivity contribution >= 4 is 33.4 Å². The Morgan fingerprint density at radius 3 is 2.56 bits per heavy atom. The van der Waals surface area contributed by atoms with E-state index in [1.807, 2.05) is 23.9 Å². The highest BCUT2D eigenvalue weighted by atomic mass is 79.9. The minimum absolute atomic E-state index is 0.849. The average Bonchev–Trinajstić information content (AvgIpc) is 2.30. The molecule has 2 aromatic carbocycles. The lowest BCUT2D eigenvalue weighted by Gasteiger charge is -2.08. The van der Waals surface area contributed by atoms with Crippen molar-refractivity contribution in [2.24, 2.45) is 0 Å². The first-order valence-corrected chi connectivity index (χ1v) is 7.58. The number of aryl methyl sites for hydroxylation is 2. The smallest absolute Gasteiger partial charge is 0.0366 e. The number of halogens is 1. The molecule has 0 spiro atoms. The third-order valence-corrected chi connectivity index (χ3v) is 4.54. The lowest BCUT2D eigenvalue weighted by atomic mass is 10.2. The largest absolute Gasteiger partial charge is 0.398 e. The van der Waals surface area contributed by atoms with E-state index in [1.54, 1.807) is 0 Å². The summed E-state index contributed by atoms with van der Waals surface area (Å²) in [5.74, 6) is 0.906. The maximum Gasteiger partial charge on any atom is 0.0366 e. The van der Waals surface area contributed by atoms with Gasteiger partial charge in [0.1, 0.15) is 0 Å². The summed E-state index contributed by atoms with van der Waals surface area (Å²) in [5.41, 5.74) is 10.7. The number of nitrogen functional groups attached to an aromatic ring is 1. The highest BCUT2D eigenvalue weighted by Crippen LogP contribution is 2.29. The molecule has 0 saturated heterocycles. The van der Waals surface area contributed by atoms with Crippen LogP contribution in [-0.4, -0.2) is 0 Å². The predicted octanol–water partition coefficient (Wildman–Crippen LogP) is 4.94. The van der Waals surface area contributed by atoms with Gasteiger partial charge < -0.3 is 5.73 Å². The number of anilines is 1. The van der Waals surface area contributed by atoms with Crippen LogP contribution in [0.3, 0.4) is 0 Å². The van der Waals surface area contributed by atoms with Gasteiger partial charge in [-0.25, -0.2) is 0 Å². The molecule has 2 rings (SSSR count). The maximum absolute atomic E-state index is 6.00. The summed E-state index contributed by atoms with van der Waals surface area (Å²) in [7, 11) is 0. The topological polar surface area (TPSA) is 26.0 Å². The van der Waals surface area contributed by atoms with E-state index in [1.165, 1.54) is 21.6 Å². The molecule has 0 heterocycles. The van der Waals surface area contributed by atoms with Gasteiger partial charge in [0.05, 0.1) is 0 Å². The molecule has 0 amide bonds. The van der Waals surface area contributed by atoms with E-state index in [0.717, 1.165) is 15.9 Å². The summed E-state index contributed by atoms with van der Waals surface area (Å²) in [4.78, 5) is 1.32. The molecule has 0 aliphatic carbocycles. The van der Waals surface area contributed by atoms with Gasteiger partial charge in [0.25, 0.3) is 0 Å². The van der Waals surface area contributed by atoms with E-state index in [9.17, 15) is 0 Å². The SMILES string of the molecule is Cc1ccc(SCc2ccc(Br)cc2N)c(C)c1. The summed E-state index contributed by atoms with van der Waals surface area (Å²) < 4.78 is 1.03. The van der Waals surface area contributed by atoms with Gasteiger partial charge >= 0.3 is 0 Å². The van der Waals surface area contributed by atoms with Gasteiger partial charge in [0.2, 0.25) is 0 Å². The second-order valence-corrected chi connectivity index (χ2v) is 6.33. The zero-order valence-corrected chi connectivity index (χ0v) is 12.9. The van der Waals surface area contributed by atoms with Gasteiger partial charge in [-0.15, -0.1) is 11.8 Å². The number of benzene rings is 2.